The van der Waals surface area contributed by atoms with Gasteiger partial charge in [-0.05, 0) is 44.9 Å². The van der Waals surface area contributed by atoms with Crippen LogP contribution >= 0.6 is 0 Å². The van der Waals surface area contributed by atoms with Crippen LogP contribution in [0.1, 0.15) is 42.1 Å². The Bertz CT molecular complexity index is 554. The number of nitrogens with zero attached hydrogens (tertiary/aromatic N) is 2. The molecular weight excluding hydrogens is 288 g/mol. The number of amides is 1. The maximum absolute atomic E-state index is 13.0. The predicted octanol–water partition coefficient (Wildman–Crippen LogP) is 1.42. The highest BCUT2D eigenvalue weighted by Crippen LogP contribution is 2.32. The Balaban J connectivity index is 1.82. The van der Waals surface area contributed by atoms with Crippen LogP contribution in [0.15, 0.2) is 12.1 Å². The van der Waals surface area contributed by atoms with Crippen molar-refractivity contribution in [2.75, 3.05) is 33.2 Å². The van der Waals surface area contributed by atoms with Crippen molar-refractivity contribution >= 4 is 5.91 Å². The zero-order valence-corrected chi connectivity index (χ0v) is 14.3. The van der Waals surface area contributed by atoms with Gasteiger partial charge >= 0.3 is 0 Å². The molecule has 126 valence electrons. The number of rotatable bonds is 4. The number of hydrogen-bond donors (Lipinski definition) is 2. The van der Waals surface area contributed by atoms with Crippen molar-refractivity contribution in [1.82, 2.24) is 20.5 Å². The monoisotopic (exact) mass is 316 g/mol. The molecular formula is C18H28N4O. The molecule has 2 aliphatic heterocycles. The Hall–Kier alpha value is -1.46. The van der Waals surface area contributed by atoms with Gasteiger partial charge in [-0.2, -0.15) is 0 Å². The first-order valence-electron chi connectivity index (χ1n) is 8.81. The maximum atomic E-state index is 13.0. The van der Waals surface area contributed by atoms with Crippen LogP contribution in [0.2, 0.25) is 0 Å². The molecule has 23 heavy (non-hydrogen) atoms. The lowest BCUT2D eigenvalue weighted by Gasteiger charge is -2.31. The quantitative estimate of drug-likeness (QED) is 0.882. The van der Waals surface area contributed by atoms with Crippen LogP contribution < -0.4 is 10.6 Å². The maximum Gasteiger partial charge on any atom is 0.227 e. The van der Waals surface area contributed by atoms with Gasteiger partial charge in [0, 0.05) is 44.3 Å². The van der Waals surface area contributed by atoms with Gasteiger partial charge < -0.3 is 15.5 Å². The van der Waals surface area contributed by atoms with Crippen LogP contribution in [0, 0.1) is 12.8 Å². The van der Waals surface area contributed by atoms with E-state index in [0.717, 1.165) is 57.0 Å². The summed E-state index contributed by atoms with van der Waals surface area (Å²) in [4.78, 5) is 19.7. The van der Waals surface area contributed by atoms with Crippen LogP contribution in [0.5, 0.6) is 0 Å². The van der Waals surface area contributed by atoms with Crippen LogP contribution in [0.25, 0.3) is 0 Å². The lowest BCUT2D eigenvalue weighted by molar-refractivity contribution is -0.136. The van der Waals surface area contributed by atoms with Crippen molar-refractivity contribution in [3.05, 3.63) is 29.1 Å². The molecule has 2 N–H and O–H groups in total. The van der Waals surface area contributed by atoms with Gasteiger partial charge in [0.05, 0.1) is 11.6 Å². The predicted molar refractivity (Wildman–Crippen MR) is 91.3 cm³/mol. The van der Waals surface area contributed by atoms with Crippen molar-refractivity contribution in [1.29, 1.82) is 0 Å². The van der Waals surface area contributed by atoms with Crippen molar-refractivity contribution in [3.8, 4) is 0 Å². The summed E-state index contributed by atoms with van der Waals surface area (Å²) >= 11 is 0. The molecule has 2 atom stereocenters. The smallest absolute Gasteiger partial charge is 0.227 e. The van der Waals surface area contributed by atoms with E-state index in [9.17, 15) is 4.79 Å². The van der Waals surface area contributed by atoms with E-state index in [2.05, 4.69) is 27.7 Å². The first kappa shape index (κ1) is 16.4. The molecule has 0 aromatic carbocycles. The molecule has 5 nitrogen and oxygen atoms in total. The lowest BCUT2D eigenvalue weighted by Crippen LogP contribution is -2.41. The summed E-state index contributed by atoms with van der Waals surface area (Å²) in [7, 11) is 1.94. The Morgan fingerprint density at radius 1 is 1.30 bits per heavy atom. The Labute approximate surface area is 138 Å². The van der Waals surface area contributed by atoms with Gasteiger partial charge in [0.25, 0.3) is 0 Å². The van der Waals surface area contributed by atoms with Crippen molar-refractivity contribution in [2.24, 2.45) is 5.92 Å². The third kappa shape index (κ3) is 3.56. The Morgan fingerprint density at radius 2 is 2.09 bits per heavy atom. The Morgan fingerprint density at radius 3 is 2.83 bits per heavy atom. The van der Waals surface area contributed by atoms with E-state index in [1.54, 1.807) is 0 Å². The third-order valence-electron chi connectivity index (χ3n) is 5.09. The topological polar surface area (TPSA) is 57.3 Å². The zero-order chi connectivity index (χ0) is 16.2. The molecule has 1 amide bonds. The third-order valence-corrected chi connectivity index (χ3v) is 5.09. The fraction of sp³-hybridized carbons (Fsp3) is 0.667. The van der Waals surface area contributed by atoms with Crippen molar-refractivity contribution in [2.45, 2.75) is 38.6 Å². The summed E-state index contributed by atoms with van der Waals surface area (Å²) in [6.07, 6.45) is 3.55. The van der Waals surface area contributed by atoms with Gasteiger partial charge in [-0.15, -0.1) is 0 Å². The lowest BCUT2D eigenvalue weighted by atomic mass is 9.86. The molecule has 1 aromatic heterocycles. The molecule has 3 heterocycles. The highest BCUT2D eigenvalue weighted by Gasteiger charge is 2.37. The number of likely N-dealkylation sites (tertiary alicyclic amines) is 1. The minimum atomic E-state index is 0.0493. The first-order chi connectivity index (χ1) is 11.2. The van der Waals surface area contributed by atoms with Gasteiger partial charge in [-0.25, -0.2) is 0 Å². The average molecular weight is 316 g/mol. The number of pyridine rings is 1. The van der Waals surface area contributed by atoms with Crippen LogP contribution in [-0.4, -0.2) is 49.0 Å². The normalized spacial score (nSPS) is 24.9. The van der Waals surface area contributed by atoms with E-state index in [0.29, 0.717) is 5.91 Å². The summed E-state index contributed by atoms with van der Waals surface area (Å²) in [6.45, 7) is 6.28. The fourth-order valence-electron chi connectivity index (χ4n) is 3.88. The molecule has 0 aliphatic carbocycles. The van der Waals surface area contributed by atoms with Gasteiger partial charge in [0.15, 0.2) is 0 Å². The molecule has 0 saturated carbocycles. The number of piperidine rings is 1. The van der Waals surface area contributed by atoms with E-state index in [4.69, 9.17) is 4.98 Å². The van der Waals surface area contributed by atoms with Gasteiger partial charge in [-0.1, -0.05) is 6.07 Å². The SMILES string of the molecule is CNCc1nc(C)ccc1[C@@H]1CNCC1C(=O)N1CCCCC1. The number of aryl methyl sites for hydroxylation is 1. The van der Waals surface area contributed by atoms with Crippen LogP contribution in [-0.2, 0) is 11.3 Å². The number of carbonyl (C=O) groups is 1. The minimum Gasteiger partial charge on any atom is -0.342 e. The second-order valence-corrected chi connectivity index (χ2v) is 6.78. The van der Waals surface area contributed by atoms with E-state index in [1.165, 1.54) is 12.0 Å². The highest BCUT2D eigenvalue weighted by atomic mass is 16.2. The van der Waals surface area contributed by atoms with Gasteiger partial charge in [-0.3, -0.25) is 9.78 Å². The minimum absolute atomic E-state index is 0.0493. The van der Waals surface area contributed by atoms with Crippen molar-refractivity contribution in [3.63, 3.8) is 0 Å². The molecule has 0 bridgehead atoms. The number of nitrogens with one attached hydrogen (secondary N) is 2. The standard InChI is InChI=1S/C18H28N4O/c1-13-6-7-14(17(21-13)12-19-2)15-10-20-11-16(15)18(23)22-8-4-3-5-9-22/h6-7,15-16,19-20H,3-5,8-12H2,1-2H3/t15-,16?/m0/s1. The molecule has 5 heteroatoms. The fourth-order valence-corrected chi connectivity index (χ4v) is 3.88. The van der Waals surface area contributed by atoms with E-state index in [1.807, 2.05) is 14.0 Å². The van der Waals surface area contributed by atoms with Crippen LogP contribution in [0.3, 0.4) is 0 Å². The Kier molecular flexibility index (Phi) is 5.28. The highest BCUT2D eigenvalue weighted by molar-refractivity contribution is 5.80. The largest absolute Gasteiger partial charge is 0.342 e. The number of aromatic nitrogens is 1. The molecule has 2 saturated heterocycles. The average Bonchev–Trinajstić information content (AvgIpc) is 3.05. The number of carbonyl (C=O) groups excluding carboxylic acids is 1. The summed E-state index contributed by atoms with van der Waals surface area (Å²) in [5.74, 6) is 0.616. The summed E-state index contributed by atoms with van der Waals surface area (Å²) in [5, 5.41) is 6.63. The molecule has 3 rings (SSSR count). The van der Waals surface area contributed by atoms with Gasteiger partial charge in [0.2, 0.25) is 5.91 Å². The molecule has 1 aromatic rings. The second-order valence-electron chi connectivity index (χ2n) is 6.78. The van der Waals surface area contributed by atoms with Gasteiger partial charge in [0.1, 0.15) is 0 Å². The van der Waals surface area contributed by atoms with E-state index in [-0.39, 0.29) is 11.8 Å². The zero-order valence-electron chi connectivity index (χ0n) is 14.3. The molecule has 2 aliphatic rings. The summed E-state index contributed by atoms with van der Waals surface area (Å²) in [5.41, 5.74) is 3.34. The number of hydrogen-bond acceptors (Lipinski definition) is 4. The summed E-state index contributed by atoms with van der Waals surface area (Å²) in [6, 6.07) is 4.23. The first-order valence-corrected chi connectivity index (χ1v) is 8.81. The molecule has 2 fully saturated rings. The molecule has 0 spiro atoms. The second kappa shape index (κ2) is 7.41. The van der Waals surface area contributed by atoms with Crippen molar-refractivity contribution < 1.29 is 4.79 Å². The molecule has 0 radical (unpaired) electrons. The van der Waals surface area contributed by atoms with E-state index < -0.39 is 0 Å². The van der Waals surface area contributed by atoms with E-state index >= 15 is 0 Å². The summed E-state index contributed by atoms with van der Waals surface area (Å²) < 4.78 is 0. The molecule has 1 unspecified atom stereocenters. The van der Waals surface area contributed by atoms with Crippen LogP contribution in [0.4, 0.5) is 0 Å².